The van der Waals surface area contributed by atoms with Gasteiger partial charge >= 0.3 is 5.97 Å². The van der Waals surface area contributed by atoms with Crippen LogP contribution in [0.4, 0.5) is 0 Å². The average molecular weight is 509 g/mol. The first-order valence-corrected chi connectivity index (χ1v) is 11.2. The van der Waals surface area contributed by atoms with E-state index in [0.29, 0.717) is 6.42 Å². The molecule has 3 N–H and O–H groups in total. The van der Waals surface area contributed by atoms with Crippen molar-refractivity contribution in [2.75, 3.05) is 0 Å². The number of ketones is 1. The van der Waals surface area contributed by atoms with Crippen LogP contribution in [0.1, 0.15) is 25.3 Å². The van der Waals surface area contributed by atoms with Gasteiger partial charge in [0, 0.05) is 6.42 Å². The zero-order valence-electron chi connectivity index (χ0n) is 21.0. The molecular formula is C33H20N2O4. The second kappa shape index (κ2) is 20.1. The summed E-state index contributed by atoms with van der Waals surface area (Å²) in [5.41, 5.74) is 0.872. The average Bonchev–Trinajstić information content (AvgIpc) is 2.95. The number of carbonyl (C=O) groups is 3. The molecule has 1 aromatic rings. The predicted octanol–water partition coefficient (Wildman–Crippen LogP) is 0.777. The summed E-state index contributed by atoms with van der Waals surface area (Å²) in [4.78, 5) is 41.1. The highest BCUT2D eigenvalue weighted by molar-refractivity contribution is 5.92. The summed E-state index contributed by atoms with van der Waals surface area (Å²) < 4.78 is 0. The monoisotopic (exact) mass is 508 g/mol. The van der Waals surface area contributed by atoms with E-state index in [1.807, 2.05) is 30.3 Å². The van der Waals surface area contributed by atoms with Crippen molar-refractivity contribution in [3.8, 4) is 107 Å². The van der Waals surface area contributed by atoms with Gasteiger partial charge in [-0.25, -0.2) is 0 Å². The lowest BCUT2D eigenvalue weighted by molar-refractivity contribution is -0.146. The van der Waals surface area contributed by atoms with Crippen LogP contribution in [0.15, 0.2) is 30.3 Å². The first-order valence-electron chi connectivity index (χ1n) is 11.2. The Labute approximate surface area is 229 Å². The lowest BCUT2D eigenvalue weighted by Crippen LogP contribution is -2.45. The third kappa shape index (κ3) is 14.7. The van der Waals surface area contributed by atoms with E-state index in [2.05, 4.69) is 111 Å². The van der Waals surface area contributed by atoms with Crippen LogP contribution in [0.25, 0.3) is 0 Å². The van der Waals surface area contributed by atoms with Crippen LogP contribution >= 0.6 is 0 Å². The third-order valence-electron chi connectivity index (χ3n) is 4.35. The minimum absolute atomic E-state index is 0.159. The largest absolute Gasteiger partial charge is 0.373 e. The molecule has 0 heterocycles. The summed E-state index contributed by atoms with van der Waals surface area (Å²) in [6, 6.07) is 8.44. The number of nitrogens with two attached hydrogens (primary N) is 1. The summed E-state index contributed by atoms with van der Waals surface area (Å²) in [5, 5.41) is 2.67. The Bertz CT molecular complexity index is 1620. The van der Waals surface area contributed by atoms with Crippen LogP contribution in [0.2, 0.25) is 0 Å². The Balaban J connectivity index is 2.87. The minimum atomic E-state index is -1.14. The highest BCUT2D eigenvalue weighted by Gasteiger charge is 2.26. The van der Waals surface area contributed by atoms with E-state index in [1.54, 1.807) is 6.92 Å². The Morgan fingerprint density at radius 1 is 0.821 bits per heavy atom. The quantitative estimate of drug-likeness (QED) is 0.400. The van der Waals surface area contributed by atoms with Crippen LogP contribution in [-0.2, 0) is 25.6 Å². The molecule has 0 unspecified atom stereocenters. The van der Waals surface area contributed by atoms with E-state index in [0.717, 1.165) is 5.56 Å². The molecule has 0 aliphatic heterocycles. The van der Waals surface area contributed by atoms with Crippen molar-refractivity contribution >= 4 is 17.7 Å². The predicted molar refractivity (Wildman–Crippen MR) is 147 cm³/mol. The van der Waals surface area contributed by atoms with Gasteiger partial charge < -0.3 is 10.2 Å². The number of nitrogens with one attached hydrogen (secondary N) is 1. The Morgan fingerprint density at radius 2 is 1.31 bits per heavy atom. The van der Waals surface area contributed by atoms with Gasteiger partial charge in [0.25, 0.3) is 0 Å². The van der Waals surface area contributed by atoms with E-state index < -0.39 is 30.3 Å². The van der Waals surface area contributed by atoms with Crippen molar-refractivity contribution < 1.29 is 19.2 Å². The number of carbonyl (C=O) groups excluding carboxylic acids is 3. The zero-order chi connectivity index (χ0) is 28.6. The van der Waals surface area contributed by atoms with Crippen molar-refractivity contribution in [1.29, 1.82) is 0 Å². The lowest BCUT2D eigenvalue weighted by Gasteiger charge is -2.19. The van der Waals surface area contributed by atoms with Gasteiger partial charge in [-0.1, -0.05) is 43.2 Å². The van der Waals surface area contributed by atoms with E-state index in [-0.39, 0.29) is 12.2 Å². The van der Waals surface area contributed by atoms with Crippen molar-refractivity contribution in [2.45, 2.75) is 32.2 Å². The smallest absolute Gasteiger partial charge is 0.326 e. The van der Waals surface area contributed by atoms with Crippen LogP contribution in [0.3, 0.4) is 0 Å². The molecule has 0 saturated carbocycles. The number of amides is 1. The molecule has 39 heavy (non-hydrogen) atoms. The van der Waals surface area contributed by atoms with E-state index in [1.165, 1.54) is 0 Å². The van der Waals surface area contributed by atoms with Gasteiger partial charge in [0.2, 0.25) is 5.91 Å². The fourth-order valence-corrected chi connectivity index (χ4v) is 2.60. The maximum absolute atomic E-state index is 12.9. The molecule has 2 atom stereocenters. The molecule has 0 fully saturated rings. The number of benzene rings is 1. The molecule has 0 radical (unpaired) electrons. The zero-order valence-corrected chi connectivity index (χ0v) is 21.0. The number of Topliss-reactive ketones (excluding diaryl/α,β-unsaturated/α-hetero) is 1. The molecule has 1 rings (SSSR count). The molecule has 0 saturated heterocycles. The summed E-state index contributed by atoms with van der Waals surface area (Å²) in [7, 11) is 0. The molecule has 1 aromatic carbocycles. The topological polar surface area (TPSA) is 98.5 Å². The van der Waals surface area contributed by atoms with E-state index >= 15 is 0 Å². The first kappa shape index (κ1) is 30.9. The molecule has 0 spiro atoms. The second-order valence-corrected chi connectivity index (χ2v) is 6.98. The fraction of sp³-hybridized carbons (Fsp3) is 0.182. The number of hydrogen-bond donors (Lipinski definition) is 2. The van der Waals surface area contributed by atoms with Gasteiger partial charge in [0.15, 0.2) is 5.78 Å². The standard InChI is InChI=1S/C33H20N2O4/c1-3-5-6-7-8-9-10-11-12-13-14-15-16-17-18-22-25-29(27-32(37)39-34)33(38)35-30(31(36)4-2)26-28-23-20-19-21-24-28/h1,19-21,23-24,29-30H,4,26-27,34H2,2H3,(H,35,38)/t29-,30+/m1/s1. The molecule has 0 aliphatic carbocycles. The minimum Gasteiger partial charge on any atom is -0.373 e. The van der Waals surface area contributed by atoms with Gasteiger partial charge in [-0.05, 0) is 107 Å². The van der Waals surface area contributed by atoms with Crippen molar-refractivity contribution in [3.05, 3.63) is 35.9 Å². The molecule has 1 amide bonds. The molecule has 0 bridgehead atoms. The van der Waals surface area contributed by atoms with Gasteiger partial charge in [-0.3, -0.25) is 14.4 Å². The highest BCUT2D eigenvalue weighted by atomic mass is 16.7. The molecule has 186 valence electrons. The van der Waals surface area contributed by atoms with E-state index in [4.69, 9.17) is 12.3 Å². The summed E-state index contributed by atoms with van der Waals surface area (Å²) in [6.07, 6.45) is 5.04. The molecule has 0 aromatic heterocycles. The maximum atomic E-state index is 12.9. The summed E-state index contributed by atoms with van der Waals surface area (Å²) in [5.74, 6) is 43.5. The fourth-order valence-electron chi connectivity index (χ4n) is 2.60. The second-order valence-electron chi connectivity index (χ2n) is 6.98. The van der Waals surface area contributed by atoms with Gasteiger partial charge in [-0.15, -0.1) is 6.42 Å². The Morgan fingerprint density at radius 3 is 1.77 bits per heavy atom. The molecule has 0 aliphatic rings. The third-order valence-corrected chi connectivity index (χ3v) is 4.35. The highest BCUT2D eigenvalue weighted by Crippen LogP contribution is 2.09. The van der Waals surface area contributed by atoms with Crippen LogP contribution < -0.4 is 11.2 Å². The maximum Gasteiger partial charge on any atom is 0.326 e. The Hall–Kier alpha value is -6.17. The van der Waals surface area contributed by atoms with Crippen molar-refractivity contribution in [1.82, 2.24) is 5.32 Å². The van der Waals surface area contributed by atoms with Gasteiger partial charge in [0.1, 0.15) is 5.92 Å². The number of hydrogen-bond acceptors (Lipinski definition) is 5. The summed E-state index contributed by atoms with van der Waals surface area (Å²) in [6.45, 7) is 1.70. The SMILES string of the molecule is C#CC#CC#CC#CC#CC#CC#CC#CC#C[C@H](CC(=O)ON)C(=O)N[C@@H](Cc1ccccc1)C(=O)CC. The summed E-state index contributed by atoms with van der Waals surface area (Å²) >= 11 is 0. The normalized spacial score (nSPS) is 9.05. The molecular weight excluding hydrogens is 488 g/mol. The first-order chi connectivity index (χ1) is 19.0. The Kier molecular flexibility index (Phi) is 15.9. The lowest BCUT2D eigenvalue weighted by atomic mass is 9.99. The van der Waals surface area contributed by atoms with Gasteiger partial charge in [-0.2, -0.15) is 5.90 Å². The van der Waals surface area contributed by atoms with Gasteiger partial charge in [0.05, 0.1) is 12.5 Å². The van der Waals surface area contributed by atoms with Crippen LogP contribution in [-0.4, -0.2) is 23.7 Å². The number of rotatable bonds is 8. The van der Waals surface area contributed by atoms with Crippen molar-refractivity contribution in [2.24, 2.45) is 11.8 Å². The van der Waals surface area contributed by atoms with Crippen LogP contribution in [0.5, 0.6) is 0 Å². The number of terminal acetylenes is 1. The molecule has 6 heteroatoms. The van der Waals surface area contributed by atoms with E-state index in [9.17, 15) is 14.4 Å². The molecule has 6 nitrogen and oxygen atoms in total. The van der Waals surface area contributed by atoms with Crippen LogP contribution in [0, 0.1) is 113 Å². The van der Waals surface area contributed by atoms with Crippen molar-refractivity contribution in [3.63, 3.8) is 0 Å².